The molecule has 0 unspecified atom stereocenters. The van der Waals surface area contributed by atoms with Crippen LogP contribution < -0.4 is 15.8 Å². The Morgan fingerprint density at radius 3 is 2.56 bits per heavy atom. The zero-order valence-electron chi connectivity index (χ0n) is 20.9. The fourth-order valence-electron chi connectivity index (χ4n) is 3.87. The van der Waals surface area contributed by atoms with Gasteiger partial charge in [-0.3, -0.25) is 0 Å². The van der Waals surface area contributed by atoms with Crippen molar-refractivity contribution in [2.45, 2.75) is 38.5 Å². The predicted molar refractivity (Wildman–Crippen MR) is 146 cm³/mol. The predicted octanol–water partition coefficient (Wildman–Crippen LogP) is 5.96. The summed E-state index contributed by atoms with van der Waals surface area (Å²) >= 11 is 0.999. The number of benzene rings is 2. The van der Waals surface area contributed by atoms with Gasteiger partial charge in [-0.15, -0.1) is 0 Å². The molecule has 1 aliphatic rings. The average Bonchev–Trinajstić information content (AvgIpc) is 3.39. The van der Waals surface area contributed by atoms with E-state index >= 15 is 0 Å². The van der Waals surface area contributed by atoms with Crippen molar-refractivity contribution in [3.05, 3.63) is 59.2 Å². The number of likely N-dealkylation sites (tertiary alicyclic amines) is 1. The van der Waals surface area contributed by atoms with Crippen LogP contribution >= 0.6 is 11.9 Å². The molecule has 2 aromatic carbocycles. The van der Waals surface area contributed by atoms with E-state index in [0.29, 0.717) is 23.8 Å². The summed E-state index contributed by atoms with van der Waals surface area (Å²) in [5.74, 6) is 0.245. The molecule has 10 heteroatoms. The number of rotatable bonds is 9. The number of halogens is 2. The minimum atomic E-state index is -0.495. The number of hydrogen-bond acceptors (Lipinski definition) is 8. The highest BCUT2D eigenvalue weighted by atomic mass is 32.2. The smallest absolute Gasteiger partial charge is 0.164 e. The van der Waals surface area contributed by atoms with Crippen molar-refractivity contribution >= 4 is 35.5 Å². The molecule has 0 radical (unpaired) electrons. The third kappa shape index (κ3) is 6.92. The normalized spacial score (nSPS) is 13.1. The maximum Gasteiger partial charge on any atom is 0.164 e. The number of nitrogens with zero attached hydrogens (tertiary/aromatic N) is 3. The summed E-state index contributed by atoms with van der Waals surface area (Å²) in [5, 5.41) is 11.0. The van der Waals surface area contributed by atoms with Crippen molar-refractivity contribution in [1.82, 2.24) is 14.9 Å². The molecule has 0 aliphatic carbocycles. The van der Waals surface area contributed by atoms with E-state index in [9.17, 15) is 8.78 Å². The fraction of sp³-hybridized carbons (Fsp3) is 0.346. The van der Waals surface area contributed by atoms with Crippen LogP contribution in [0.25, 0.3) is 11.4 Å². The van der Waals surface area contributed by atoms with E-state index < -0.39 is 11.6 Å². The highest BCUT2D eigenvalue weighted by Crippen LogP contribution is 2.30. The van der Waals surface area contributed by atoms with E-state index in [1.54, 1.807) is 0 Å². The Morgan fingerprint density at radius 1 is 1.11 bits per heavy atom. The molecule has 1 fully saturated rings. The Balaban J connectivity index is 0.00000176. The van der Waals surface area contributed by atoms with Gasteiger partial charge in [-0.05, 0) is 86.8 Å². The molecule has 0 atom stereocenters. The van der Waals surface area contributed by atoms with Crippen LogP contribution in [0.15, 0.2) is 41.3 Å². The van der Waals surface area contributed by atoms with Gasteiger partial charge in [0, 0.05) is 30.6 Å². The van der Waals surface area contributed by atoms with Crippen LogP contribution in [-0.2, 0) is 0 Å². The first kappa shape index (κ1) is 27.3. The van der Waals surface area contributed by atoms with E-state index in [0.717, 1.165) is 66.6 Å². The van der Waals surface area contributed by atoms with E-state index in [1.165, 1.54) is 19.1 Å². The maximum absolute atomic E-state index is 13.9. The number of hydrogen-bond donors (Lipinski definition) is 4. The lowest BCUT2D eigenvalue weighted by Gasteiger charge is -2.17. The maximum atomic E-state index is 13.9. The Morgan fingerprint density at radius 2 is 1.86 bits per heavy atom. The summed E-state index contributed by atoms with van der Waals surface area (Å²) in [5.41, 5.74) is 9.01. The molecular weight excluding hydrogens is 480 g/mol. The minimum Gasteiger partial charge on any atom is -0.383 e. The zero-order valence-corrected chi connectivity index (χ0v) is 21.7. The Labute approximate surface area is 215 Å². The third-order valence-electron chi connectivity index (χ3n) is 5.68. The van der Waals surface area contributed by atoms with Gasteiger partial charge in [-0.25, -0.2) is 18.7 Å². The number of aryl methyl sites for hydroxylation is 1. The first-order valence-corrected chi connectivity index (χ1v) is 12.9. The van der Waals surface area contributed by atoms with Crippen molar-refractivity contribution < 1.29 is 8.78 Å². The lowest BCUT2D eigenvalue weighted by atomic mass is 10.1. The van der Waals surface area contributed by atoms with Crippen LogP contribution in [0.3, 0.4) is 0 Å². The Kier molecular flexibility index (Phi) is 10.0. The lowest BCUT2D eigenvalue weighted by molar-refractivity contribution is 0.352. The SMILES string of the molecule is CC.Cc1cc(NSc2cc(F)ccc2F)ccc1-c1nc(N)c(C=N)c(NCCN2CCCC2)n1. The third-order valence-corrected chi connectivity index (χ3v) is 6.55. The number of nitrogen functional groups attached to an aromatic ring is 1. The van der Waals surface area contributed by atoms with E-state index in [-0.39, 0.29) is 10.7 Å². The van der Waals surface area contributed by atoms with Crippen LogP contribution in [0.4, 0.5) is 26.1 Å². The monoisotopic (exact) mass is 513 g/mol. The van der Waals surface area contributed by atoms with Gasteiger partial charge in [0.1, 0.15) is 23.3 Å². The molecule has 0 amide bonds. The molecule has 4 rings (SSSR count). The van der Waals surface area contributed by atoms with Gasteiger partial charge >= 0.3 is 0 Å². The second-order valence-electron chi connectivity index (χ2n) is 8.12. The molecular formula is C26H33F2N7S. The van der Waals surface area contributed by atoms with Crippen LogP contribution in [0.5, 0.6) is 0 Å². The number of aromatic nitrogens is 2. The second kappa shape index (κ2) is 13.2. The van der Waals surface area contributed by atoms with Gasteiger partial charge in [0.05, 0.1) is 10.5 Å². The summed E-state index contributed by atoms with van der Waals surface area (Å²) in [6, 6.07) is 8.88. The van der Waals surface area contributed by atoms with Crippen LogP contribution in [0.1, 0.15) is 37.8 Å². The first-order chi connectivity index (χ1) is 17.4. The fourth-order valence-corrected chi connectivity index (χ4v) is 4.56. The number of nitrogens with one attached hydrogen (secondary N) is 3. The van der Waals surface area contributed by atoms with Crippen molar-refractivity contribution in [3.8, 4) is 11.4 Å². The molecule has 36 heavy (non-hydrogen) atoms. The summed E-state index contributed by atoms with van der Waals surface area (Å²) in [4.78, 5) is 11.6. The summed E-state index contributed by atoms with van der Waals surface area (Å²) in [6.45, 7) is 9.74. The lowest BCUT2D eigenvalue weighted by Crippen LogP contribution is -2.26. The summed E-state index contributed by atoms with van der Waals surface area (Å²) in [6.07, 6.45) is 3.63. The van der Waals surface area contributed by atoms with Crippen LogP contribution in [0, 0.1) is 24.0 Å². The summed E-state index contributed by atoms with van der Waals surface area (Å²) < 4.78 is 30.3. The highest BCUT2D eigenvalue weighted by molar-refractivity contribution is 8.00. The molecule has 1 saturated heterocycles. The molecule has 1 aliphatic heterocycles. The van der Waals surface area contributed by atoms with Gasteiger partial charge in [0.2, 0.25) is 0 Å². The minimum absolute atomic E-state index is 0.171. The molecule has 0 bridgehead atoms. The van der Waals surface area contributed by atoms with E-state index in [4.69, 9.17) is 11.1 Å². The van der Waals surface area contributed by atoms with Crippen molar-refractivity contribution in [1.29, 1.82) is 5.41 Å². The highest BCUT2D eigenvalue weighted by Gasteiger charge is 2.15. The van der Waals surface area contributed by atoms with Gasteiger partial charge in [0.25, 0.3) is 0 Å². The van der Waals surface area contributed by atoms with Gasteiger partial charge in [-0.1, -0.05) is 13.8 Å². The molecule has 192 valence electrons. The number of nitrogens with two attached hydrogens (primary N) is 1. The van der Waals surface area contributed by atoms with E-state index in [2.05, 4.69) is 24.9 Å². The zero-order chi connectivity index (χ0) is 26.1. The van der Waals surface area contributed by atoms with Gasteiger partial charge in [0.15, 0.2) is 5.82 Å². The molecule has 7 nitrogen and oxygen atoms in total. The van der Waals surface area contributed by atoms with Crippen LogP contribution in [-0.4, -0.2) is 47.3 Å². The molecule has 1 aromatic heterocycles. The standard InChI is InChI=1S/C24H27F2N7S.C2H6/c1-15-12-17(32-34-21-13-16(25)4-7-20(21)26)5-6-18(15)24-30-22(28)19(14-27)23(31-24)29-8-11-33-9-2-3-10-33;1-2/h4-7,12-14,27,32H,2-3,8-11H2,1H3,(H3,28,29,30,31);1-2H3. The largest absolute Gasteiger partial charge is 0.383 e. The summed E-state index contributed by atoms with van der Waals surface area (Å²) in [7, 11) is 0. The van der Waals surface area contributed by atoms with Crippen molar-refractivity contribution in [2.75, 3.05) is 42.0 Å². The first-order valence-electron chi connectivity index (χ1n) is 12.1. The molecule has 0 saturated carbocycles. The quantitative estimate of drug-likeness (QED) is 0.207. The van der Waals surface area contributed by atoms with Gasteiger partial charge in [-0.2, -0.15) is 0 Å². The average molecular weight is 514 g/mol. The van der Waals surface area contributed by atoms with Crippen molar-refractivity contribution in [2.24, 2.45) is 0 Å². The van der Waals surface area contributed by atoms with E-state index in [1.807, 2.05) is 39.0 Å². The second-order valence-corrected chi connectivity index (χ2v) is 8.97. The molecule has 3 aromatic rings. The Hall–Kier alpha value is -3.24. The van der Waals surface area contributed by atoms with Crippen LogP contribution in [0.2, 0.25) is 0 Å². The van der Waals surface area contributed by atoms with Gasteiger partial charge < -0.3 is 26.1 Å². The molecule has 2 heterocycles. The topological polar surface area (TPSA) is 103 Å². The molecule has 5 N–H and O–H groups in total. The molecule has 0 spiro atoms. The van der Waals surface area contributed by atoms with Crippen molar-refractivity contribution in [3.63, 3.8) is 0 Å². The Bertz CT molecular complexity index is 1180. The number of anilines is 3.